The van der Waals surface area contributed by atoms with E-state index in [0.29, 0.717) is 35.7 Å². The van der Waals surface area contributed by atoms with E-state index in [9.17, 15) is 9.59 Å². The van der Waals surface area contributed by atoms with Crippen LogP contribution < -0.4 is 15.4 Å². The maximum atomic E-state index is 12.9. The van der Waals surface area contributed by atoms with Gasteiger partial charge in [0.1, 0.15) is 5.75 Å². The number of halogens is 1. The summed E-state index contributed by atoms with van der Waals surface area (Å²) in [6.07, 6.45) is 1.93. The molecule has 5 nitrogen and oxygen atoms in total. The predicted octanol–water partition coefficient (Wildman–Crippen LogP) is 5.81. The van der Waals surface area contributed by atoms with Crippen LogP contribution in [0.25, 0.3) is 0 Å². The summed E-state index contributed by atoms with van der Waals surface area (Å²) < 4.78 is 6.57. The Bertz CT molecular complexity index is 1040. The smallest absolute Gasteiger partial charge is 0.259 e. The second-order valence-corrected chi connectivity index (χ2v) is 7.96. The molecule has 0 atom stereocenters. The van der Waals surface area contributed by atoms with E-state index in [-0.39, 0.29) is 11.8 Å². The highest BCUT2D eigenvalue weighted by Gasteiger charge is 2.15. The molecule has 2 amide bonds. The number of unbranched alkanes of at least 4 members (excludes halogenated alkanes) is 1. The highest BCUT2D eigenvalue weighted by atomic mass is 79.9. The second-order valence-electron chi connectivity index (χ2n) is 7.05. The number of nitrogens with one attached hydrogen (secondary N) is 2. The zero-order chi connectivity index (χ0) is 22.1. The van der Waals surface area contributed by atoms with E-state index >= 15 is 0 Å². The van der Waals surface area contributed by atoms with Crippen molar-refractivity contribution in [3.63, 3.8) is 0 Å². The monoisotopic (exact) mass is 480 g/mol. The lowest BCUT2D eigenvalue weighted by Crippen LogP contribution is -2.23. The molecule has 0 heterocycles. The van der Waals surface area contributed by atoms with Crippen LogP contribution in [0, 0.1) is 0 Å². The van der Waals surface area contributed by atoms with Crippen molar-refractivity contribution in [1.29, 1.82) is 0 Å². The van der Waals surface area contributed by atoms with Crippen LogP contribution in [0.5, 0.6) is 5.75 Å². The molecule has 0 unspecified atom stereocenters. The predicted molar refractivity (Wildman–Crippen MR) is 127 cm³/mol. The van der Waals surface area contributed by atoms with Crippen LogP contribution in [0.1, 0.15) is 46.0 Å². The minimum Gasteiger partial charge on any atom is -0.493 e. The first kappa shape index (κ1) is 22.6. The van der Waals surface area contributed by atoms with Crippen molar-refractivity contribution < 1.29 is 14.3 Å². The van der Waals surface area contributed by atoms with Gasteiger partial charge < -0.3 is 15.4 Å². The maximum absolute atomic E-state index is 12.9. The number of anilines is 1. The normalized spacial score (nSPS) is 10.4. The van der Waals surface area contributed by atoms with Crippen molar-refractivity contribution in [2.24, 2.45) is 0 Å². The van der Waals surface area contributed by atoms with E-state index in [1.807, 2.05) is 36.4 Å². The third kappa shape index (κ3) is 6.69. The molecule has 0 aliphatic rings. The summed E-state index contributed by atoms with van der Waals surface area (Å²) in [6, 6.07) is 21.9. The van der Waals surface area contributed by atoms with Gasteiger partial charge >= 0.3 is 0 Å². The van der Waals surface area contributed by atoms with Gasteiger partial charge in [0.15, 0.2) is 0 Å². The molecular formula is C25H25BrN2O3. The molecule has 2 N–H and O–H groups in total. The number of benzene rings is 3. The number of rotatable bonds is 9. The Kier molecular flexibility index (Phi) is 8.24. The van der Waals surface area contributed by atoms with Gasteiger partial charge in [0.05, 0.1) is 12.2 Å². The Hall–Kier alpha value is -3.12. The van der Waals surface area contributed by atoms with Gasteiger partial charge in [-0.2, -0.15) is 0 Å². The van der Waals surface area contributed by atoms with Gasteiger partial charge in [-0.1, -0.05) is 65.7 Å². The first-order chi connectivity index (χ1) is 15.1. The number of carbonyl (C=O) groups is 2. The highest BCUT2D eigenvalue weighted by Crippen LogP contribution is 2.25. The van der Waals surface area contributed by atoms with Crippen molar-refractivity contribution in [3.8, 4) is 5.75 Å². The van der Waals surface area contributed by atoms with Gasteiger partial charge in [0.25, 0.3) is 11.8 Å². The summed E-state index contributed by atoms with van der Waals surface area (Å²) in [5, 5.41) is 5.76. The molecule has 0 saturated carbocycles. The van der Waals surface area contributed by atoms with E-state index < -0.39 is 0 Å². The fraction of sp³-hybridized carbons (Fsp3) is 0.200. The van der Waals surface area contributed by atoms with Crippen LogP contribution in [-0.4, -0.2) is 18.4 Å². The number of ether oxygens (including phenoxy) is 1. The summed E-state index contributed by atoms with van der Waals surface area (Å²) >= 11 is 3.41. The number of hydrogen-bond donors (Lipinski definition) is 2. The molecule has 0 saturated heterocycles. The van der Waals surface area contributed by atoms with Gasteiger partial charge in [-0.15, -0.1) is 0 Å². The van der Waals surface area contributed by atoms with Gasteiger partial charge in [-0.3, -0.25) is 9.59 Å². The molecule has 0 fully saturated rings. The molecule has 6 heteroatoms. The minimum absolute atomic E-state index is 0.203. The summed E-state index contributed by atoms with van der Waals surface area (Å²) in [6.45, 7) is 3.07. The third-order valence-corrected chi connectivity index (χ3v) is 5.11. The SMILES string of the molecule is CCCCOc1ccc(Br)cc1C(=O)Nc1cccc(C(=O)NCc2ccccc2)c1. The fourth-order valence-corrected chi connectivity index (χ4v) is 3.31. The van der Waals surface area contributed by atoms with Crippen molar-refractivity contribution in [1.82, 2.24) is 5.32 Å². The first-order valence-electron chi connectivity index (χ1n) is 10.2. The van der Waals surface area contributed by atoms with Crippen molar-refractivity contribution in [2.45, 2.75) is 26.3 Å². The molecule has 0 aliphatic carbocycles. The van der Waals surface area contributed by atoms with E-state index in [1.54, 1.807) is 36.4 Å². The summed E-state index contributed by atoms with van der Waals surface area (Å²) in [7, 11) is 0. The Balaban J connectivity index is 1.68. The summed E-state index contributed by atoms with van der Waals surface area (Å²) in [5.74, 6) is 0.0338. The van der Waals surface area contributed by atoms with E-state index in [0.717, 1.165) is 22.9 Å². The number of hydrogen-bond acceptors (Lipinski definition) is 3. The lowest BCUT2D eigenvalue weighted by atomic mass is 10.1. The van der Waals surface area contributed by atoms with Crippen molar-refractivity contribution in [3.05, 3.63) is 94.0 Å². The Morgan fingerprint density at radius 2 is 1.74 bits per heavy atom. The van der Waals surface area contributed by atoms with Gasteiger partial charge in [0, 0.05) is 22.3 Å². The molecule has 0 spiro atoms. The second kappa shape index (κ2) is 11.3. The van der Waals surface area contributed by atoms with Crippen LogP contribution in [-0.2, 0) is 6.54 Å². The average molecular weight is 481 g/mol. The molecular weight excluding hydrogens is 456 g/mol. The van der Waals surface area contributed by atoms with Crippen LogP contribution >= 0.6 is 15.9 Å². The van der Waals surface area contributed by atoms with Crippen LogP contribution in [0.2, 0.25) is 0 Å². The quantitative estimate of drug-likeness (QED) is 0.379. The zero-order valence-electron chi connectivity index (χ0n) is 17.4. The van der Waals surface area contributed by atoms with Gasteiger partial charge in [-0.25, -0.2) is 0 Å². The molecule has 0 aliphatic heterocycles. The van der Waals surface area contributed by atoms with Crippen molar-refractivity contribution >= 4 is 33.4 Å². The fourth-order valence-electron chi connectivity index (χ4n) is 2.95. The molecule has 3 aromatic carbocycles. The first-order valence-corrected chi connectivity index (χ1v) is 11.0. The largest absolute Gasteiger partial charge is 0.493 e. The average Bonchev–Trinajstić information content (AvgIpc) is 2.79. The highest BCUT2D eigenvalue weighted by molar-refractivity contribution is 9.10. The van der Waals surface area contributed by atoms with E-state index in [4.69, 9.17) is 4.74 Å². The summed E-state index contributed by atoms with van der Waals surface area (Å²) in [4.78, 5) is 25.4. The Morgan fingerprint density at radius 3 is 2.52 bits per heavy atom. The lowest BCUT2D eigenvalue weighted by molar-refractivity contribution is 0.0949. The summed E-state index contributed by atoms with van der Waals surface area (Å²) in [5.41, 5.74) is 2.47. The van der Waals surface area contributed by atoms with Crippen LogP contribution in [0.4, 0.5) is 5.69 Å². The molecule has 0 radical (unpaired) electrons. The molecule has 0 bridgehead atoms. The topological polar surface area (TPSA) is 67.4 Å². The maximum Gasteiger partial charge on any atom is 0.259 e. The number of amides is 2. The minimum atomic E-state index is -0.297. The van der Waals surface area contributed by atoms with E-state index in [2.05, 4.69) is 33.5 Å². The van der Waals surface area contributed by atoms with Gasteiger partial charge in [0.2, 0.25) is 0 Å². The van der Waals surface area contributed by atoms with Crippen molar-refractivity contribution in [2.75, 3.05) is 11.9 Å². The Morgan fingerprint density at radius 1 is 0.935 bits per heavy atom. The molecule has 3 rings (SSSR count). The Labute approximate surface area is 191 Å². The van der Waals surface area contributed by atoms with E-state index in [1.165, 1.54) is 0 Å². The standard InChI is InChI=1S/C25H25BrN2O3/c1-2-3-14-31-23-13-12-20(26)16-22(23)25(30)28-21-11-7-10-19(15-21)24(29)27-17-18-8-5-4-6-9-18/h4-13,15-16H,2-3,14,17H2,1H3,(H,27,29)(H,28,30). The molecule has 3 aromatic rings. The number of carbonyl (C=O) groups excluding carboxylic acids is 2. The van der Waals surface area contributed by atoms with Gasteiger partial charge in [-0.05, 0) is 48.4 Å². The molecule has 160 valence electrons. The lowest BCUT2D eigenvalue weighted by Gasteiger charge is -2.13. The molecule has 31 heavy (non-hydrogen) atoms. The van der Waals surface area contributed by atoms with Crippen LogP contribution in [0.15, 0.2) is 77.3 Å². The van der Waals surface area contributed by atoms with Crippen LogP contribution in [0.3, 0.4) is 0 Å². The third-order valence-electron chi connectivity index (χ3n) is 4.62. The molecule has 0 aromatic heterocycles. The zero-order valence-corrected chi connectivity index (χ0v) is 18.9.